The molecule has 1 aromatic rings. The van der Waals surface area contributed by atoms with Gasteiger partial charge in [-0.2, -0.15) is 0 Å². The van der Waals surface area contributed by atoms with Crippen LogP contribution in [0.25, 0.3) is 0 Å². The zero-order chi connectivity index (χ0) is 13.3. The van der Waals surface area contributed by atoms with Gasteiger partial charge in [-0.15, -0.1) is 11.8 Å². The maximum absolute atomic E-state index is 5.85. The third-order valence-corrected chi connectivity index (χ3v) is 4.92. The van der Waals surface area contributed by atoms with Crippen molar-refractivity contribution in [3.63, 3.8) is 0 Å². The predicted molar refractivity (Wildman–Crippen MR) is 82.5 cm³/mol. The van der Waals surface area contributed by atoms with Gasteiger partial charge in [0.25, 0.3) is 0 Å². The standard InChI is InChI=1S/C16H25NOS/c17-12-14-6-4-5-7-15(14)13-18-10-11-19-16-8-2-1-3-9-16/h1-3,8-9,14-15H,4-7,10-13,17H2. The molecule has 1 saturated carbocycles. The Morgan fingerprint density at radius 3 is 2.58 bits per heavy atom. The van der Waals surface area contributed by atoms with Crippen LogP contribution in [0.3, 0.4) is 0 Å². The number of hydrogen-bond acceptors (Lipinski definition) is 3. The highest BCUT2D eigenvalue weighted by atomic mass is 32.2. The molecule has 106 valence electrons. The number of nitrogens with two attached hydrogens (primary N) is 1. The molecule has 1 fully saturated rings. The van der Waals surface area contributed by atoms with Crippen LogP contribution in [0.1, 0.15) is 25.7 Å². The van der Waals surface area contributed by atoms with E-state index in [0.29, 0.717) is 11.8 Å². The first-order chi connectivity index (χ1) is 9.40. The first kappa shape index (κ1) is 14.9. The van der Waals surface area contributed by atoms with E-state index >= 15 is 0 Å². The summed E-state index contributed by atoms with van der Waals surface area (Å²) in [5, 5.41) is 0. The van der Waals surface area contributed by atoms with Gasteiger partial charge in [0, 0.05) is 17.3 Å². The second-order valence-corrected chi connectivity index (χ2v) is 6.45. The minimum absolute atomic E-state index is 0.690. The third kappa shape index (κ3) is 5.17. The van der Waals surface area contributed by atoms with Crippen molar-refractivity contribution in [3.05, 3.63) is 30.3 Å². The first-order valence-corrected chi connectivity index (χ1v) is 8.34. The number of benzene rings is 1. The van der Waals surface area contributed by atoms with Gasteiger partial charge in [0.2, 0.25) is 0 Å². The molecule has 2 unspecified atom stereocenters. The Morgan fingerprint density at radius 2 is 1.84 bits per heavy atom. The molecule has 0 saturated heterocycles. The Hall–Kier alpha value is -0.510. The van der Waals surface area contributed by atoms with Gasteiger partial charge in [-0.05, 0) is 43.4 Å². The summed E-state index contributed by atoms with van der Waals surface area (Å²) in [6, 6.07) is 10.5. The normalized spacial score (nSPS) is 23.4. The minimum Gasteiger partial charge on any atom is -0.380 e. The fraction of sp³-hybridized carbons (Fsp3) is 0.625. The molecular formula is C16H25NOS. The van der Waals surface area contributed by atoms with Crippen molar-refractivity contribution < 1.29 is 4.74 Å². The molecule has 0 bridgehead atoms. The molecule has 0 amide bonds. The van der Waals surface area contributed by atoms with E-state index in [1.54, 1.807) is 0 Å². The van der Waals surface area contributed by atoms with Crippen LogP contribution >= 0.6 is 11.8 Å². The molecule has 2 N–H and O–H groups in total. The maximum Gasteiger partial charge on any atom is 0.0560 e. The molecule has 2 rings (SSSR count). The molecule has 0 heterocycles. The van der Waals surface area contributed by atoms with Crippen molar-refractivity contribution in [2.24, 2.45) is 17.6 Å². The summed E-state index contributed by atoms with van der Waals surface area (Å²) in [4.78, 5) is 1.32. The Kier molecular flexibility index (Phi) is 6.75. The van der Waals surface area contributed by atoms with Gasteiger partial charge in [-0.3, -0.25) is 0 Å². The molecular weight excluding hydrogens is 254 g/mol. The molecule has 0 radical (unpaired) electrons. The van der Waals surface area contributed by atoms with Crippen LogP contribution in [0.5, 0.6) is 0 Å². The van der Waals surface area contributed by atoms with E-state index in [2.05, 4.69) is 30.3 Å². The van der Waals surface area contributed by atoms with E-state index in [0.717, 1.165) is 25.5 Å². The van der Waals surface area contributed by atoms with E-state index in [4.69, 9.17) is 10.5 Å². The van der Waals surface area contributed by atoms with Crippen molar-refractivity contribution in [1.82, 2.24) is 0 Å². The Morgan fingerprint density at radius 1 is 1.11 bits per heavy atom. The summed E-state index contributed by atoms with van der Waals surface area (Å²) in [5.74, 6) is 2.42. The number of hydrogen-bond donors (Lipinski definition) is 1. The van der Waals surface area contributed by atoms with Crippen LogP contribution < -0.4 is 5.73 Å². The van der Waals surface area contributed by atoms with Crippen LogP contribution in [0, 0.1) is 11.8 Å². The van der Waals surface area contributed by atoms with Gasteiger partial charge in [0.15, 0.2) is 0 Å². The smallest absolute Gasteiger partial charge is 0.0560 e. The van der Waals surface area contributed by atoms with Crippen molar-refractivity contribution in [3.8, 4) is 0 Å². The average molecular weight is 279 g/mol. The Bertz CT molecular complexity index is 344. The van der Waals surface area contributed by atoms with Crippen molar-refractivity contribution in [2.45, 2.75) is 30.6 Å². The van der Waals surface area contributed by atoms with Crippen LogP contribution in [0.4, 0.5) is 0 Å². The Balaban J connectivity index is 1.58. The minimum atomic E-state index is 0.690. The van der Waals surface area contributed by atoms with Crippen molar-refractivity contribution >= 4 is 11.8 Å². The van der Waals surface area contributed by atoms with Gasteiger partial charge in [0.1, 0.15) is 0 Å². The predicted octanol–water partition coefficient (Wildman–Crippen LogP) is 3.56. The van der Waals surface area contributed by atoms with Crippen LogP contribution in [-0.4, -0.2) is 25.5 Å². The third-order valence-electron chi connectivity index (χ3n) is 3.94. The highest BCUT2D eigenvalue weighted by Crippen LogP contribution is 2.29. The van der Waals surface area contributed by atoms with E-state index < -0.39 is 0 Å². The van der Waals surface area contributed by atoms with Crippen molar-refractivity contribution in [1.29, 1.82) is 0 Å². The molecule has 1 aliphatic carbocycles. The first-order valence-electron chi connectivity index (χ1n) is 7.36. The summed E-state index contributed by atoms with van der Waals surface area (Å²) in [5.41, 5.74) is 5.84. The summed E-state index contributed by atoms with van der Waals surface area (Å²) in [6.07, 6.45) is 5.29. The highest BCUT2D eigenvalue weighted by Gasteiger charge is 2.23. The van der Waals surface area contributed by atoms with Gasteiger partial charge < -0.3 is 10.5 Å². The fourth-order valence-electron chi connectivity index (χ4n) is 2.78. The number of ether oxygens (including phenoxy) is 1. The summed E-state index contributed by atoms with van der Waals surface area (Å²) in [6.45, 7) is 2.57. The Labute approximate surface area is 121 Å². The lowest BCUT2D eigenvalue weighted by molar-refractivity contribution is 0.0701. The van der Waals surface area contributed by atoms with Crippen LogP contribution in [0.15, 0.2) is 35.2 Å². The van der Waals surface area contributed by atoms with Gasteiger partial charge >= 0.3 is 0 Å². The van der Waals surface area contributed by atoms with Crippen LogP contribution in [-0.2, 0) is 4.74 Å². The second-order valence-electron chi connectivity index (χ2n) is 5.28. The highest BCUT2D eigenvalue weighted by molar-refractivity contribution is 7.99. The molecule has 0 spiro atoms. The number of thioether (sulfide) groups is 1. The van der Waals surface area contributed by atoms with E-state index in [-0.39, 0.29) is 0 Å². The second kappa shape index (κ2) is 8.62. The molecule has 3 heteroatoms. The lowest BCUT2D eigenvalue weighted by Gasteiger charge is -2.30. The van der Waals surface area contributed by atoms with Crippen LogP contribution in [0.2, 0.25) is 0 Å². The molecule has 0 aliphatic heterocycles. The molecule has 2 atom stereocenters. The van der Waals surface area contributed by atoms with Gasteiger partial charge in [-0.1, -0.05) is 31.0 Å². The lowest BCUT2D eigenvalue weighted by atomic mass is 9.80. The molecule has 2 nitrogen and oxygen atoms in total. The quantitative estimate of drug-likeness (QED) is 0.612. The summed E-state index contributed by atoms with van der Waals surface area (Å²) in [7, 11) is 0. The SMILES string of the molecule is NCC1CCCCC1COCCSc1ccccc1. The molecule has 1 aliphatic rings. The fourth-order valence-corrected chi connectivity index (χ4v) is 3.57. The zero-order valence-corrected chi connectivity index (χ0v) is 12.4. The van der Waals surface area contributed by atoms with Crippen molar-refractivity contribution in [2.75, 3.05) is 25.5 Å². The summed E-state index contributed by atoms with van der Waals surface area (Å²) < 4.78 is 5.85. The molecule has 19 heavy (non-hydrogen) atoms. The molecule has 1 aromatic carbocycles. The van der Waals surface area contributed by atoms with E-state index in [1.807, 2.05) is 11.8 Å². The van der Waals surface area contributed by atoms with E-state index in [9.17, 15) is 0 Å². The topological polar surface area (TPSA) is 35.2 Å². The van der Waals surface area contributed by atoms with Gasteiger partial charge in [0.05, 0.1) is 6.61 Å². The van der Waals surface area contributed by atoms with Gasteiger partial charge in [-0.25, -0.2) is 0 Å². The number of rotatable bonds is 7. The summed E-state index contributed by atoms with van der Waals surface area (Å²) >= 11 is 1.86. The average Bonchev–Trinajstić information content (AvgIpc) is 2.48. The van der Waals surface area contributed by atoms with E-state index in [1.165, 1.54) is 30.6 Å². The monoisotopic (exact) mass is 279 g/mol. The largest absolute Gasteiger partial charge is 0.380 e. The lowest BCUT2D eigenvalue weighted by Crippen LogP contribution is -2.30. The maximum atomic E-state index is 5.85. The molecule has 0 aromatic heterocycles. The zero-order valence-electron chi connectivity index (χ0n) is 11.6.